The van der Waals surface area contributed by atoms with Gasteiger partial charge in [0.25, 0.3) is 0 Å². The molecule has 31 heavy (non-hydrogen) atoms. The van der Waals surface area contributed by atoms with Crippen molar-refractivity contribution in [2.24, 2.45) is 5.18 Å². The third-order valence-corrected chi connectivity index (χ3v) is 6.73. The lowest BCUT2D eigenvalue weighted by molar-refractivity contribution is 0.159. The Morgan fingerprint density at radius 1 is 1.06 bits per heavy atom. The number of aliphatic hydroxyl groups is 1. The largest absolute Gasteiger partial charge is 0.460 e. The summed E-state index contributed by atoms with van der Waals surface area (Å²) in [5, 5.41) is 12.5. The standard InChI is InChI=1S/C25H27N3O3/c29-14-13-28-11-7-18(8-12-28)24-16-22(17-5-9-26-10-6-17)25(31-24)20-1-3-21-19(15-20)2-4-23(21)27-30/h1,3,5-6,9-10,15-16,18,23,29H,2,4,7-8,11-14H2. The molecule has 1 aliphatic carbocycles. The molecule has 1 unspecified atom stereocenters. The van der Waals surface area contributed by atoms with E-state index in [4.69, 9.17) is 4.42 Å². The van der Waals surface area contributed by atoms with Crippen molar-refractivity contribution in [3.8, 4) is 22.5 Å². The molecule has 1 atom stereocenters. The maximum absolute atomic E-state index is 11.1. The van der Waals surface area contributed by atoms with Gasteiger partial charge in [-0.1, -0.05) is 17.3 Å². The summed E-state index contributed by atoms with van der Waals surface area (Å²) in [5.74, 6) is 2.28. The maximum Gasteiger partial charge on any atom is 0.142 e. The molecule has 1 saturated heterocycles. The number of hydrogen-bond acceptors (Lipinski definition) is 6. The zero-order valence-corrected chi connectivity index (χ0v) is 17.5. The summed E-state index contributed by atoms with van der Waals surface area (Å²) in [6.07, 6.45) is 7.33. The molecule has 0 spiro atoms. The van der Waals surface area contributed by atoms with Crippen LogP contribution in [0.1, 0.15) is 48.1 Å². The number of aliphatic hydroxyl groups excluding tert-OH is 1. The zero-order valence-electron chi connectivity index (χ0n) is 17.5. The van der Waals surface area contributed by atoms with Crippen molar-refractivity contribution in [1.29, 1.82) is 0 Å². The van der Waals surface area contributed by atoms with Gasteiger partial charge in [0, 0.05) is 36.0 Å². The summed E-state index contributed by atoms with van der Waals surface area (Å²) in [6, 6.07) is 12.3. The maximum atomic E-state index is 11.1. The summed E-state index contributed by atoms with van der Waals surface area (Å²) >= 11 is 0. The van der Waals surface area contributed by atoms with Gasteiger partial charge in [0.2, 0.25) is 0 Å². The Morgan fingerprint density at radius 3 is 2.61 bits per heavy atom. The summed E-state index contributed by atoms with van der Waals surface area (Å²) in [4.78, 5) is 17.6. The zero-order chi connectivity index (χ0) is 21.2. The number of fused-ring (bicyclic) bond motifs is 1. The quantitative estimate of drug-likeness (QED) is 0.575. The first-order valence-corrected chi connectivity index (χ1v) is 11.1. The van der Waals surface area contributed by atoms with E-state index in [1.165, 1.54) is 5.56 Å². The van der Waals surface area contributed by atoms with Crippen LogP contribution in [0.3, 0.4) is 0 Å². The molecular formula is C25H27N3O3. The van der Waals surface area contributed by atoms with Crippen molar-refractivity contribution in [2.75, 3.05) is 26.2 Å². The van der Waals surface area contributed by atoms with Crippen LogP contribution in [-0.2, 0) is 6.42 Å². The molecule has 2 aromatic heterocycles. The van der Waals surface area contributed by atoms with E-state index in [0.717, 1.165) is 79.1 Å². The third-order valence-electron chi connectivity index (χ3n) is 6.73. The van der Waals surface area contributed by atoms with Crippen molar-refractivity contribution in [2.45, 2.75) is 37.6 Å². The minimum atomic E-state index is -0.222. The number of aryl methyl sites for hydroxylation is 1. The average Bonchev–Trinajstić information content (AvgIpc) is 3.44. The molecule has 0 bridgehead atoms. The van der Waals surface area contributed by atoms with E-state index in [-0.39, 0.29) is 12.6 Å². The van der Waals surface area contributed by atoms with Crippen LogP contribution >= 0.6 is 0 Å². The normalized spacial score (nSPS) is 19.5. The van der Waals surface area contributed by atoms with Gasteiger partial charge in [-0.05, 0) is 79.7 Å². The van der Waals surface area contributed by atoms with Crippen molar-refractivity contribution in [3.05, 3.63) is 70.6 Å². The number of likely N-dealkylation sites (tertiary alicyclic amines) is 1. The Bertz CT molecular complexity index is 1060. The van der Waals surface area contributed by atoms with E-state index in [1.54, 1.807) is 0 Å². The van der Waals surface area contributed by atoms with Gasteiger partial charge in [0.05, 0.1) is 6.61 Å². The van der Waals surface area contributed by atoms with Crippen LogP contribution in [0.15, 0.2) is 58.4 Å². The summed E-state index contributed by atoms with van der Waals surface area (Å²) in [6.45, 7) is 2.90. The molecule has 1 aromatic carbocycles. The molecule has 0 saturated carbocycles. The molecule has 3 heterocycles. The van der Waals surface area contributed by atoms with Gasteiger partial charge in [-0.15, -0.1) is 0 Å². The fourth-order valence-corrected chi connectivity index (χ4v) is 5.00. The Kier molecular flexibility index (Phi) is 5.66. The highest BCUT2D eigenvalue weighted by atomic mass is 16.3. The monoisotopic (exact) mass is 417 g/mol. The van der Waals surface area contributed by atoms with Crippen molar-refractivity contribution >= 4 is 0 Å². The van der Waals surface area contributed by atoms with Crippen LogP contribution in [0, 0.1) is 4.91 Å². The van der Waals surface area contributed by atoms with Crippen LogP contribution in [0.2, 0.25) is 0 Å². The first-order valence-electron chi connectivity index (χ1n) is 11.1. The highest BCUT2D eigenvalue weighted by Crippen LogP contribution is 2.42. The molecule has 5 rings (SSSR count). The third kappa shape index (κ3) is 3.93. The lowest BCUT2D eigenvalue weighted by Crippen LogP contribution is -2.34. The number of furan rings is 1. The number of pyridine rings is 1. The summed E-state index contributed by atoms with van der Waals surface area (Å²) in [7, 11) is 0. The van der Waals surface area contributed by atoms with E-state index >= 15 is 0 Å². The Balaban J connectivity index is 1.50. The number of aromatic nitrogens is 1. The second-order valence-corrected chi connectivity index (χ2v) is 8.54. The molecule has 3 aromatic rings. The van der Waals surface area contributed by atoms with Gasteiger partial charge in [0.15, 0.2) is 0 Å². The predicted molar refractivity (Wildman–Crippen MR) is 120 cm³/mol. The minimum absolute atomic E-state index is 0.209. The molecular weight excluding hydrogens is 390 g/mol. The summed E-state index contributed by atoms with van der Waals surface area (Å²) < 4.78 is 6.53. The van der Waals surface area contributed by atoms with Crippen molar-refractivity contribution in [1.82, 2.24) is 9.88 Å². The lowest BCUT2D eigenvalue weighted by Gasteiger charge is -2.30. The molecule has 1 fully saturated rings. The van der Waals surface area contributed by atoms with Crippen LogP contribution in [-0.4, -0.2) is 41.2 Å². The summed E-state index contributed by atoms with van der Waals surface area (Å²) in [5.41, 5.74) is 5.45. The molecule has 0 amide bonds. The van der Waals surface area contributed by atoms with E-state index in [9.17, 15) is 10.0 Å². The van der Waals surface area contributed by atoms with Gasteiger partial charge in [-0.3, -0.25) is 4.98 Å². The van der Waals surface area contributed by atoms with Gasteiger partial charge >= 0.3 is 0 Å². The fourth-order valence-electron chi connectivity index (χ4n) is 5.00. The minimum Gasteiger partial charge on any atom is -0.460 e. The molecule has 0 radical (unpaired) electrons. The number of piperidine rings is 1. The van der Waals surface area contributed by atoms with E-state index in [0.29, 0.717) is 5.92 Å². The molecule has 160 valence electrons. The number of benzene rings is 1. The fraction of sp³-hybridized carbons (Fsp3) is 0.400. The van der Waals surface area contributed by atoms with Crippen LogP contribution in [0.4, 0.5) is 0 Å². The van der Waals surface area contributed by atoms with E-state index in [1.807, 2.05) is 30.6 Å². The van der Waals surface area contributed by atoms with E-state index in [2.05, 4.69) is 33.3 Å². The van der Waals surface area contributed by atoms with Crippen molar-refractivity contribution in [3.63, 3.8) is 0 Å². The van der Waals surface area contributed by atoms with Gasteiger partial charge in [-0.2, -0.15) is 4.91 Å². The van der Waals surface area contributed by atoms with Crippen molar-refractivity contribution < 1.29 is 9.52 Å². The van der Waals surface area contributed by atoms with Gasteiger partial charge in [-0.25, -0.2) is 0 Å². The van der Waals surface area contributed by atoms with Crippen LogP contribution in [0.5, 0.6) is 0 Å². The second kappa shape index (κ2) is 8.73. The highest BCUT2D eigenvalue weighted by molar-refractivity contribution is 5.80. The van der Waals surface area contributed by atoms with Crippen LogP contribution < -0.4 is 0 Å². The first-order chi connectivity index (χ1) is 15.3. The predicted octanol–water partition coefficient (Wildman–Crippen LogP) is 4.93. The Morgan fingerprint density at radius 2 is 1.87 bits per heavy atom. The van der Waals surface area contributed by atoms with Crippen LogP contribution in [0.25, 0.3) is 22.5 Å². The van der Waals surface area contributed by atoms with Gasteiger partial charge in [0.1, 0.15) is 17.6 Å². The highest BCUT2D eigenvalue weighted by Gasteiger charge is 2.27. The number of nitrogens with zero attached hydrogens (tertiary/aromatic N) is 3. The second-order valence-electron chi connectivity index (χ2n) is 8.54. The molecule has 1 N–H and O–H groups in total. The van der Waals surface area contributed by atoms with E-state index < -0.39 is 0 Å². The molecule has 6 nitrogen and oxygen atoms in total. The van der Waals surface area contributed by atoms with Gasteiger partial charge < -0.3 is 14.4 Å². The number of nitroso groups, excluding NO2 is 1. The molecule has 1 aliphatic heterocycles. The average molecular weight is 418 g/mol. The number of hydrogen-bond donors (Lipinski definition) is 1. The topological polar surface area (TPSA) is 78.9 Å². The smallest absolute Gasteiger partial charge is 0.142 e. The SMILES string of the molecule is O=NC1CCc2cc(-c3oc(C4CCN(CCO)CC4)cc3-c3ccncc3)ccc21. The number of β-amino-alcohol motifs (C(OH)–C–C–N with tert-alkyl or cyclic N) is 1. The number of rotatable bonds is 6. The Hall–Kier alpha value is -2.83. The molecule has 6 heteroatoms. The Labute approximate surface area is 181 Å². The lowest BCUT2D eigenvalue weighted by atomic mass is 9.93. The molecule has 2 aliphatic rings. The first kappa shape index (κ1) is 20.1.